The van der Waals surface area contributed by atoms with Crippen LogP contribution in [0.4, 0.5) is 17.1 Å². The number of rotatable bonds is 5. The van der Waals surface area contributed by atoms with Crippen LogP contribution >= 0.6 is 0 Å². The van der Waals surface area contributed by atoms with Gasteiger partial charge in [-0.15, -0.1) is 0 Å². The second-order valence-electron chi connectivity index (χ2n) is 18.3. The van der Waals surface area contributed by atoms with Crippen LogP contribution in [-0.4, -0.2) is 9.97 Å². The molecule has 3 nitrogen and oxygen atoms in total. The lowest BCUT2D eigenvalue weighted by atomic mass is 9.69. The minimum absolute atomic E-state index is 0.658. The van der Waals surface area contributed by atoms with Crippen LogP contribution in [0.15, 0.2) is 237 Å². The molecule has 0 unspecified atom stereocenters. The van der Waals surface area contributed by atoms with E-state index in [0.717, 1.165) is 50.6 Å². The van der Waals surface area contributed by atoms with Gasteiger partial charge < -0.3 is 4.90 Å². The maximum absolute atomic E-state index is 5.86. The van der Waals surface area contributed by atoms with Gasteiger partial charge in [0.05, 0.1) is 16.6 Å². The number of aromatic nitrogens is 2. The van der Waals surface area contributed by atoms with E-state index in [1.54, 1.807) is 0 Å². The van der Waals surface area contributed by atoms with E-state index >= 15 is 0 Å². The van der Waals surface area contributed by atoms with Crippen LogP contribution in [0.3, 0.4) is 0 Å². The second kappa shape index (κ2) is 14.0. The van der Waals surface area contributed by atoms with E-state index in [4.69, 9.17) is 9.97 Å². The van der Waals surface area contributed by atoms with Crippen LogP contribution in [0.25, 0.3) is 99.6 Å². The molecule has 0 atom stereocenters. The number of nitrogens with zero attached hydrogens (tertiary/aromatic N) is 3. The Morgan fingerprint density at radius 3 is 1.62 bits per heavy atom. The van der Waals surface area contributed by atoms with Gasteiger partial charge in [0.2, 0.25) is 0 Å². The molecule has 1 heterocycles. The highest BCUT2D eigenvalue weighted by Gasteiger charge is 2.53. The Balaban J connectivity index is 1.12. The van der Waals surface area contributed by atoms with Gasteiger partial charge in [-0.05, 0) is 131 Å². The van der Waals surface area contributed by atoms with Gasteiger partial charge in [0.25, 0.3) is 0 Å². The number of benzene rings is 11. The van der Waals surface area contributed by atoms with E-state index in [2.05, 4.69) is 241 Å². The summed E-state index contributed by atoms with van der Waals surface area (Å²) in [6.07, 6.45) is 0. The standard InChI is InChI=1S/C65H39N3/c1-3-22-42(23-4-1)68(43-24-5-2-6-25-43)44-36-37-50-56(38-44)65(54-33-12-9-27-46(54)47-28-10-13-34-55(47)65)57-39-53-48-30-16-20-41-21-17-32-52(59(41)48)60(53)62(61(50)57)64-66-58-35-14-11-29-51(58)63(67-64)49-31-15-19-40-18-7-8-26-45(40)49/h1-39H. The Kier molecular flexibility index (Phi) is 7.71. The summed E-state index contributed by atoms with van der Waals surface area (Å²) in [6.45, 7) is 0. The first-order valence-electron chi connectivity index (χ1n) is 23.5. The smallest absolute Gasteiger partial charge is 0.161 e. The molecule has 0 radical (unpaired) electrons. The van der Waals surface area contributed by atoms with Crippen LogP contribution in [0.5, 0.6) is 0 Å². The van der Waals surface area contributed by atoms with Crippen LogP contribution in [0, 0.1) is 0 Å². The van der Waals surface area contributed by atoms with Crippen molar-refractivity contribution in [1.82, 2.24) is 9.97 Å². The summed E-state index contributed by atoms with van der Waals surface area (Å²) in [5.74, 6) is 0.728. The molecule has 68 heavy (non-hydrogen) atoms. The predicted octanol–water partition coefficient (Wildman–Crippen LogP) is 16.7. The van der Waals surface area contributed by atoms with Crippen molar-refractivity contribution < 1.29 is 0 Å². The molecule has 0 saturated heterocycles. The summed E-state index contributed by atoms with van der Waals surface area (Å²) in [5.41, 5.74) is 21.6. The van der Waals surface area contributed by atoms with Crippen molar-refractivity contribution in [3.8, 4) is 67.2 Å². The van der Waals surface area contributed by atoms with Gasteiger partial charge >= 0.3 is 0 Å². The van der Waals surface area contributed by atoms with Crippen molar-refractivity contribution in [2.75, 3.05) is 4.90 Å². The lowest BCUT2D eigenvalue weighted by molar-refractivity contribution is 0.794. The van der Waals surface area contributed by atoms with Gasteiger partial charge in [-0.25, -0.2) is 9.97 Å². The van der Waals surface area contributed by atoms with Crippen molar-refractivity contribution in [1.29, 1.82) is 0 Å². The summed E-state index contributed by atoms with van der Waals surface area (Å²) in [5, 5.41) is 5.90. The lowest BCUT2D eigenvalue weighted by Crippen LogP contribution is -2.26. The third kappa shape index (κ3) is 4.97. The largest absolute Gasteiger partial charge is 0.310 e. The molecule has 0 bridgehead atoms. The molecule has 1 aromatic heterocycles. The lowest BCUT2D eigenvalue weighted by Gasteiger charge is -2.32. The Bertz CT molecular complexity index is 4000. The molecule has 1 spiro atoms. The zero-order chi connectivity index (χ0) is 44.5. The van der Waals surface area contributed by atoms with E-state index in [1.807, 2.05) is 0 Å². The summed E-state index contributed by atoms with van der Waals surface area (Å²) in [7, 11) is 0. The molecule has 0 N–H and O–H groups in total. The minimum atomic E-state index is -0.658. The minimum Gasteiger partial charge on any atom is -0.310 e. The number of hydrogen-bond donors (Lipinski definition) is 0. The Morgan fingerprint density at radius 2 is 0.882 bits per heavy atom. The SMILES string of the molecule is c1ccc(N(c2ccccc2)c2ccc3c(c2)C2(c4ccccc4-c4ccccc42)c2cc4c(c(-c5nc(-c6cccc7ccccc67)c6ccccc6n5)c2-3)-c2cccc3cccc-4c23)cc1. The first-order valence-corrected chi connectivity index (χ1v) is 23.5. The average Bonchev–Trinajstić information content (AvgIpc) is 4.00. The third-order valence-electron chi connectivity index (χ3n) is 15.0. The second-order valence-corrected chi connectivity index (χ2v) is 18.3. The maximum atomic E-state index is 5.86. The van der Waals surface area contributed by atoms with E-state index in [1.165, 1.54) is 88.3 Å². The molecule has 0 saturated carbocycles. The number of fused-ring (bicyclic) bond motifs is 15. The normalized spacial score (nSPS) is 13.1. The molecule has 12 aromatic rings. The summed E-state index contributed by atoms with van der Waals surface area (Å²) >= 11 is 0. The number of para-hydroxylation sites is 3. The third-order valence-corrected chi connectivity index (χ3v) is 15.0. The van der Waals surface area contributed by atoms with Crippen LogP contribution < -0.4 is 4.90 Å². The van der Waals surface area contributed by atoms with Gasteiger partial charge in [0.15, 0.2) is 5.82 Å². The van der Waals surface area contributed by atoms with Crippen molar-refractivity contribution in [3.63, 3.8) is 0 Å². The number of anilines is 3. The van der Waals surface area contributed by atoms with Crippen LogP contribution in [0.1, 0.15) is 22.3 Å². The zero-order valence-electron chi connectivity index (χ0n) is 36.9. The van der Waals surface area contributed by atoms with Crippen LogP contribution in [0.2, 0.25) is 0 Å². The van der Waals surface area contributed by atoms with Gasteiger partial charge in [-0.2, -0.15) is 0 Å². The van der Waals surface area contributed by atoms with Gasteiger partial charge in [0.1, 0.15) is 0 Å². The van der Waals surface area contributed by atoms with Gasteiger partial charge in [-0.3, -0.25) is 0 Å². The van der Waals surface area contributed by atoms with E-state index in [9.17, 15) is 0 Å². The fraction of sp³-hybridized carbons (Fsp3) is 0.0154. The van der Waals surface area contributed by atoms with E-state index in [-0.39, 0.29) is 0 Å². The van der Waals surface area contributed by atoms with Crippen molar-refractivity contribution >= 4 is 49.5 Å². The van der Waals surface area contributed by atoms with Crippen molar-refractivity contribution in [2.45, 2.75) is 5.41 Å². The van der Waals surface area contributed by atoms with E-state index < -0.39 is 5.41 Å². The molecule has 11 aromatic carbocycles. The monoisotopic (exact) mass is 861 g/mol. The van der Waals surface area contributed by atoms with Gasteiger partial charge in [0, 0.05) is 39.1 Å². The fourth-order valence-corrected chi connectivity index (χ4v) is 12.3. The van der Waals surface area contributed by atoms with Crippen molar-refractivity contribution in [3.05, 3.63) is 259 Å². The molecular weight excluding hydrogens is 823 g/mol. The molecule has 15 rings (SSSR count). The molecule has 3 aliphatic carbocycles. The highest BCUT2D eigenvalue weighted by molar-refractivity contribution is 6.21. The highest BCUT2D eigenvalue weighted by atomic mass is 15.1. The Hall–Kier alpha value is -8.92. The molecule has 0 fully saturated rings. The summed E-state index contributed by atoms with van der Waals surface area (Å²) in [4.78, 5) is 13.9. The maximum Gasteiger partial charge on any atom is 0.161 e. The van der Waals surface area contributed by atoms with Crippen molar-refractivity contribution in [2.24, 2.45) is 0 Å². The predicted molar refractivity (Wildman–Crippen MR) is 281 cm³/mol. The van der Waals surface area contributed by atoms with Crippen LogP contribution in [-0.2, 0) is 5.41 Å². The zero-order valence-corrected chi connectivity index (χ0v) is 36.9. The summed E-state index contributed by atoms with van der Waals surface area (Å²) in [6, 6.07) is 86.8. The summed E-state index contributed by atoms with van der Waals surface area (Å²) < 4.78 is 0. The first kappa shape index (κ1) is 37.3. The molecule has 0 aliphatic heterocycles. The topological polar surface area (TPSA) is 29.0 Å². The molecular formula is C65H39N3. The number of hydrogen-bond acceptors (Lipinski definition) is 3. The Morgan fingerprint density at radius 1 is 0.309 bits per heavy atom. The highest BCUT2D eigenvalue weighted by Crippen LogP contribution is 2.67. The van der Waals surface area contributed by atoms with Gasteiger partial charge in [-0.1, -0.05) is 188 Å². The average molecular weight is 862 g/mol. The quantitative estimate of drug-likeness (QED) is 0.173. The molecule has 3 heteroatoms. The first-order chi connectivity index (χ1) is 33.8. The van der Waals surface area contributed by atoms with E-state index in [0.29, 0.717) is 0 Å². The molecule has 314 valence electrons. The molecule has 3 aliphatic rings. The fourth-order valence-electron chi connectivity index (χ4n) is 12.3. The Labute approximate surface area is 393 Å². The molecule has 0 amide bonds.